The van der Waals surface area contributed by atoms with Crippen LogP contribution in [0.3, 0.4) is 0 Å². The predicted octanol–water partition coefficient (Wildman–Crippen LogP) is 2.85. The predicted molar refractivity (Wildman–Crippen MR) is 81.6 cm³/mol. The number of hydrogen-bond donors (Lipinski definition) is 1. The number of benzene rings is 1. The third-order valence-electron chi connectivity index (χ3n) is 3.25. The van der Waals surface area contributed by atoms with E-state index in [2.05, 4.69) is 9.46 Å². The summed E-state index contributed by atoms with van der Waals surface area (Å²) in [5.41, 5.74) is -0.761. The van der Waals surface area contributed by atoms with E-state index in [4.69, 9.17) is 0 Å². The SMILES string of the molecule is COC(=O)c1cc(S(=O)(=O)N[C@H](C)CCC(C)C)cc(F)c1F. The molecule has 0 amide bonds. The van der Waals surface area contributed by atoms with E-state index in [0.717, 1.165) is 19.6 Å². The molecule has 8 heteroatoms. The molecule has 23 heavy (non-hydrogen) atoms. The molecule has 0 saturated heterocycles. The summed E-state index contributed by atoms with van der Waals surface area (Å²) in [6.07, 6.45) is 1.42. The minimum Gasteiger partial charge on any atom is -0.465 e. The second-order valence-corrected chi connectivity index (χ2v) is 7.47. The second kappa shape index (κ2) is 7.83. The lowest BCUT2D eigenvalue weighted by Gasteiger charge is -2.16. The third kappa shape index (κ3) is 5.24. The largest absolute Gasteiger partial charge is 0.465 e. The molecule has 0 heterocycles. The zero-order chi connectivity index (χ0) is 17.8. The lowest BCUT2D eigenvalue weighted by molar-refractivity contribution is 0.0594. The van der Waals surface area contributed by atoms with Gasteiger partial charge in [0.1, 0.15) is 0 Å². The van der Waals surface area contributed by atoms with E-state index in [9.17, 15) is 22.0 Å². The average Bonchev–Trinajstić information content (AvgIpc) is 2.46. The molecule has 0 aromatic heterocycles. The number of rotatable bonds is 7. The van der Waals surface area contributed by atoms with Crippen LogP contribution in [-0.2, 0) is 14.8 Å². The fourth-order valence-electron chi connectivity index (χ4n) is 1.95. The standard InChI is InChI=1S/C15H21F2NO4S/c1-9(2)5-6-10(3)18-23(20,21)11-7-12(15(19)22-4)14(17)13(16)8-11/h7-10,18H,5-6H2,1-4H3/t10-/m1/s1. The van der Waals surface area contributed by atoms with Crippen LogP contribution < -0.4 is 4.72 Å². The molecule has 0 bridgehead atoms. The summed E-state index contributed by atoms with van der Waals surface area (Å²) >= 11 is 0. The topological polar surface area (TPSA) is 72.5 Å². The molecule has 0 aliphatic carbocycles. The van der Waals surface area contributed by atoms with E-state index in [0.29, 0.717) is 18.4 Å². The molecule has 0 spiro atoms. The van der Waals surface area contributed by atoms with Crippen molar-refractivity contribution in [2.45, 2.75) is 44.6 Å². The molecule has 0 saturated carbocycles. The molecule has 5 nitrogen and oxygen atoms in total. The molecule has 1 N–H and O–H groups in total. The first-order valence-corrected chi connectivity index (χ1v) is 8.66. The Morgan fingerprint density at radius 1 is 1.22 bits per heavy atom. The molecular formula is C15H21F2NO4S. The first kappa shape index (κ1) is 19.5. The Labute approximate surface area is 135 Å². The summed E-state index contributed by atoms with van der Waals surface area (Å²) in [7, 11) is -3.08. The van der Waals surface area contributed by atoms with Gasteiger partial charge in [-0.15, -0.1) is 0 Å². The van der Waals surface area contributed by atoms with E-state index in [-0.39, 0.29) is 6.04 Å². The number of halogens is 2. The Morgan fingerprint density at radius 3 is 2.35 bits per heavy atom. The summed E-state index contributed by atoms with van der Waals surface area (Å²) in [6.45, 7) is 5.71. The molecule has 130 valence electrons. The highest BCUT2D eigenvalue weighted by Crippen LogP contribution is 2.20. The van der Waals surface area contributed by atoms with Crippen molar-refractivity contribution in [3.63, 3.8) is 0 Å². The highest BCUT2D eigenvalue weighted by molar-refractivity contribution is 7.89. The van der Waals surface area contributed by atoms with Crippen molar-refractivity contribution in [2.75, 3.05) is 7.11 Å². The van der Waals surface area contributed by atoms with Crippen LogP contribution in [-0.4, -0.2) is 27.5 Å². The highest BCUT2D eigenvalue weighted by atomic mass is 32.2. The molecule has 0 unspecified atom stereocenters. The van der Waals surface area contributed by atoms with Gasteiger partial charge < -0.3 is 4.74 Å². The lowest BCUT2D eigenvalue weighted by Crippen LogP contribution is -2.33. The molecular weight excluding hydrogens is 328 g/mol. The monoisotopic (exact) mass is 349 g/mol. The lowest BCUT2D eigenvalue weighted by atomic mass is 10.1. The molecule has 1 aromatic carbocycles. The van der Waals surface area contributed by atoms with Crippen molar-refractivity contribution in [3.8, 4) is 0 Å². The third-order valence-corrected chi connectivity index (χ3v) is 4.82. The summed E-state index contributed by atoms with van der Waals surface area (Å²) < 4.78 is 58.4. The Morgan fingerprint density at radius 2 is 1.83 bits per heavy atom. The highest BCUT2D eigenvalue weighted by Gasteiger charge is 2.24. The van der Waals surface area contributed by atoms with Crippen molar-refractivity contribution < 1.29 is 26.7 Å². The number of nitrogens with one attached hydrogen (secondary N) is 1. The van der Waals surface area contributed by atoms with Crippen molar-refractivity contribution in [3.05, 3.63) is 29.3 Å². The minimum absolute atomic E-state index is 0.378. The van der Waals surface area contributed by atoms with E-state index < -0.39 is 38.1 Å². The van der Waals surface area contributed by atoms with Crippen LogP contribution in [0.2, 0.25) is 0 Å². The smallest absolute Gasteiger partial charge is 0.341 e. The van der Waals surface area contributed by atoms with Gasteiger partial charge in [-0.1, -0.05) is 13.8 Å². The molecule has 1 aromatic rings. The molecule has 0 aliphatic rings. The maximum absolute atomic E-state index is 13.6. The van der Waals surface area contributed by atoms with Crippen molar-refractivity contribution in [1.82, 2.24) is 4.72 Å². The van der Waals surface area contributed by atoms with Crippen LogP contribution in [0.4, 0.5) is 8.78 Å². The van der Waals surface area contributed by atoms with E-state index in [1.807, 2.05) is 13.8 Å². The van der Waals surface area contributed by atoms with Gasteiger partial charge >= 0.3 is 5.97 Å². The van der Waals surface area contributed by atoms with E-state index in [1.165, 1.54) is 0 Å². The first-order valence-electron chi connectivity index (χ1n) is 7.18. The number of esters is 1. The Bertz CT molecular complexity index is 674. The number of hydrogen-bond acceptors (Lipinski definition) is 4. The summed E-state index contributed by atoms with van der Waals surface area (Å²) in [6, 6.07) is 0.929. The van der Waals surface area contributed by atoms with Gasteiger partial charge in [0.2, 0.25) is 10.0 Å². The summed E-state index contributed by atoms with van der Waals surface area (Å²) in [5.74, 6) is -3.60. The summed E-state index contributed by atoms with van der Waals surface area (Å²) in [5, 5.41) is 0. The Kier molecular flexibility index (Phi) is 6.64. The number of carbonyl (C=O) groups excluding carboxylic acids is 1. The quantitative estimate of drug-likeness (QED) is 0.768. The fourth-order valence-corrected chi connectivity index (χ4v) is 3.27. The van der Waals surface area contributed by atoms with Gasteiger partial charge in [0.15, 0.2) is 11.6 Å². The Hall–Kier alpha value is -1.54. The molecule has 1 atom stereocenters. The van der Waals surface area contributed by atoms with Gasteiger partial charge in [-0.25, -0.2) is 26.7 Å². The van der Waals surface area contributed by atoms with Crippen LogP contribution >= 0.6 is 0 Å². The maximum atomic E-state index is 13.6. The fraction of sp³-hybridized carbons (Fsp3) is 0.533. The van der Waals surface area contributed by atoms with Gasteiger partial charge in [-0.05, 0) is 37.8 Å². The van der Waals surface area contributed by atoms with Gasteiger partial charge in [0, 0.05) is 6.04 Å². The van der Waals surface area contributed by atoms with Gasteiger partial charge in [-0.3, -0.25) is 0 Å². The second-order valence-electron chi connectivity index (χ2n) is 5.75. The van der Waals surface area contributed by atoms with Crippen LogP contribution in [0, 0.1) is 17.6 Å². The van der Waals surface area contributed by atoms with Crippen LogP contribution in [0.1, 0.15) is 44.0 Å². The van der Waals surface area contributed by atoms with Crippen molar-refractivity contribution in [1.29, 1.82) is 0 Å². The van der Waals surface area contributed by atoms with Gasteiger partial charge in [0.05, 0.1) is 17.6 Å². The number of sulfonamides is 1. The zero-order valence-electron chi connectivity index (χ0n) is 13.5. The maximum Gasteiger partial charge on any atom is 0.341 e. The van der Waals surface area contributed by atoms with Crippen molar-refractivity contribution in [2.24, 2.45) is 5.92 Å². The molecule has 1 rings (SSSR count). The number of carbonyl (C=O) groups is 1. The van der Waals surface area contributed by atoms with Crippen molar-refractivity contribution >= 4 is 16.0 Å². The average molecular weight is 349 g/mol. The molecule has 0 radical (unpaired) electrons. The van der Waals surface area contributed by atoms with Crippen LogP contribution in [0.5, 0.6) is 0 Å². The Balaban J connectivity index is 3.09. The van der Waals surface area contributed by atoms with Crippen LogP contribution in [0.15, 0.2) is 17.0 Å². The van der Waals surface area contributed by atoms with E-state index >= 15 is 0 Å². The summed E-state index contributed by atoms with van der Waals surface area (Å²) in [4.78, 5) is 10.9. The number of ether oxygens (including phenoxy) is 1. The number of methoxy groups -OCH3 is 1. The van der Waals surface area contributed by atoms with E-state index in [1.54, 1.807) is 6.92 Å². The molecule has 0 aliphatic heterocycles. The van der Waals surface area contributed by atoms with Gasteiger partial charge in [-0.2, -0.15) is 0 Å². The first-order chi connectivity index (χ1) is 10.6. The van der Waals surface area contributed by atoms with Crippen LogP contribution in [0.25, 0.3) is 0 Å². The minimum atomic E-state index is -4.08. The van der Waals surface area contributed by atoms with Gasteiger partial charge in [0.25, 0.3) is 0 Å². The normalized spacial score (nSPS) is 13.2. The molecule has 0 fully saturated rings. The zero-order valence-corrected chi connectivity index (χ0v) is 14.3.